The summed E-state index contributed by atoms with van der Waals surface area (Å²) in [5.74, 6) is 1.70. The van der Waals surface area contributed by atoms with Crippen LogP contribution in [0, 0.1) is 5.41 Å². The van der Waals surface area contributed by atoms with Crippen LogP contribution in [0.5, 0.6) is 5.75 Å². The number of aromatic nitrogens is 3. The zero-order valence-electron chi connectivity index (χ0n) is 19.3. The van der Waals surface area contributed by atoms with Gasteiger partial charge in [-0.05, 0) is 73.6 Å². The Morgan fingerprint density at radius 2 is 1.94 bits per heavy atom. The number of nitrogens with two attached hydrogens (primary N) is 1. The Morgan fingerprint density at radius 1 is 1.24 bits per heavy atom. The van der Waals surface area contributed by atoms with Crippen LogP contribution in [0.4, 0.5) is 5.82 Å². The highest BCUT2D eigenvalue weighted by Gasteiger charge is 2.47. The summed E-state index contributed by atoms with van der Waals surface area (Å²) in [6.07, 6.45) is 9.60. The molecule has 1 aromatic carbocycles. The predicted octanol–water partition coefficient (Wildman–Crippen LogP) is 4.33. The molecule has 2 heterocycles. The summed E-state index contributed by atoms with van der Waals surface area (Å²) in [6.45, 7) is 3.55. The number of aryl methyl sites for hydroxylation is 1. The number of nitrogens with zero attached hydrogens (tertiary/aromatic N) is 3. The topological polar surface area (TPSA) is 95.1 Å². The van der Waals surface area contributed by atoms with Crippen LogP contribution in [0.2, 0.25) is 0 Å². The molecule has 172 valence electrons. The van der Waals surface area contributed by atoms with Crippen LogP contribution in [0.3, 0.4) is 0 Å². The van der Waals surface area contributed by atoms with Crippen LogP contribution in [0.1, 0.15) is 50.1 Å². The van der Waals surface area contributed by atoms with Gasteiger partial charge in [0.25, 0.3) is 0 Å². The van der Waals surface area contributed by atoms with E-state index in [2.05, 4.69) is 45.6 Å². The molecule has 5 rings (SSSR count). The fourth-order valence-electron chi connectivity index (χ4n) is 6.08. The van der Waals surface area contributed by atoms with E-state index in [-0.39, 0.29) is 11.9 Å². The van der Waals surface area contributed by atoms with E-state index in [1.807, 2.05) is 12.1 Å². The van der Waals surface area contributed by atoms with Crippen molar-refractivity contribution in [1.82, 2.24) is 19.9 Å². The molecule has 0 radical (unpaired) electrons. The van der Waals surface area contributed by atoms with Gasteiger partial charge in [-0.1, -0.05) is 18.7 Å². The van der Waals surface area contributed by atoms with Gasteiger partial charge in [-0.15, -0.1) is 0 Å². The largest absolute Gasteiger partial charge is 0.497 e. The van der Waals surface area contributed by atoms with E-state index in [9.17, 15) is 4.79 Å². The first-order valence-corrected chi connectivity index (χ1v) is 11.6. The van der Waals surface area contributed by atoms with Crippen LogP contribution in [0.25, 0.3) is 22.2 Å². The van der Waals surface area contributed by atoms with Crippen LogP contribution >= 0.6 is 0 Å². The number of nitrogens with one attached hydrogen (secondary N) is 1. The van der Waals surface area contributed by atoms with E-state index in [0.717, 1.165) is 53.6 Å². The van der Waals surface area contributed by atoms with E-state index in [1.54, 1.807) is 13.4 Å². The van der Waals surface area contributed by atoms with Gasteiger partial charge in [0.1, 0.15) is 23.5 Å². The molecule has 0 saturated heterocycles. The molecule has 1 amide bonds. The van der Waals surface area contributed by atoms with Gasteiger partial charge in [-0.2, -0.15) is 0 Å². The number of amides is 1. The fourth-order valence-corrected chi connectivity index (χ4v) is 6.08. The smallest absolute Gasteiger partial charge is 0.243 e. The van der Waals surface area contributed by atoms with Crippen LogP contribution in [-0.2, 0) is 11.8 Å². The van der Waals surface area contributed by atoms with E-state index in [0.29, 0.717) is 17.2 Å². The number of ether oxygens (including phenoxy) is 1. The van der Waals surface area contributed by atoms with Crippen molar-refractivity contribution >= 4 is 22.8 Å². The molecule has 7 heteroatoms. The lowest BCUT2D eigenvalue weighted by atomic mass is 9.56. The summed E-state index contributed by atoms with van der Waals surface area (Å²) in [6, 6.07) is 8.44. The molecule has 2 aliphatic carbocycles. The van der Waals surface area contributed by atoms with Gasteiger partial charge in [0.2, 0.25) is 5.91 Å². The third-order valence-electron chi connectivity index (χ3n) is 7.74. The summed E-state index contributed by atoms with van der Waals surface area (Å²) >= 11 is 0. The molecule has 0 atom stereocenters. The highest BCUT2D eigenvalue weighted by atomic mass is 16.5. The average molecular weight is 446 g/mol. The van der Waals surface area contributed by atoms with Gasteiger partial charge in [0.05, 0.1) is 12.5 Å². The van der Waals surface area contributed by atoms with E-state index < -0.39 is 0 Å². The molecule has 1 spiro atoms. The number of hydrogen-bond donors (Lipinski definition) is 2. The molecule has 7 nitrogen and oxygen atoms in total. The third kappa shape index (κ3) is 3.65. The summed E-state index contributed by atoms with van der Waals surface area (Å²) in [5, 5.41) is 3.98. The number of methoxy groups -OCH3 is 1. The summed E-state index contributed by atoms with van der Waals surface area (Å²) in [4.78, 5) is 20.5. The number of benzene rings is 1. The predicted molar refractivity (Wildman–Crippen MR) is 130 cm³/mol. The molecule has 33 heavy (non-hydrogen) atoms. The maximum Gasteiger partial charge on any atom is 0.243 e. The summed E-state index contributed by atoms with van der Waals surface area (Å²) in [5.41, 5.74) is 11.1. The van der Waals surface area contributed by atoms with Crippen LogP contribution in [0.15, 0.2) is 43.2 Å². The fraction of sp³-hybridized carbons (Fsp3) is 0.423. The first kappa shape index (κ1) is 21.5. The van der Waals surface area contributed by atoms with Crippen LogP contribution < -0.4 is 15.8 Å². The maximum absolute atomic E-state index is 11.6. The standard InChI is InChI=1S/C26H31N5O2/c1-4-20(32)30-18-13-26(14-18)11-9-17(10-12-26)23-21(16-5-7-19(33-3)8-6-16)22-24(27)28-15-29-25(22)31(23)2/h4-8,15,17-18H,1,9-14H2,2-3H3,(H,30,32)(H2,27,28,29). The molecular formula is C26H31N5O2. The van der Waals surface area contributed by atoms with Gasteiger partial charge in [-0.3, -0.25) is 4.79 Å². The normalized spacial score (nSPS) is 24.4. The monoisotopic (exact) mass is 445 g/mol. The maximum atomic E-state index is 11.6. The highest BCUT2D eigenvalue weighted by molar-refractivity contribution is 6.02. The number of fused-ring (bicyclic) bond motifs is 1. The molecule has 2 fully saturated rings. The lowest BCUT2D eigenvalue weighted by Crippen LogP contribution is -2.51. The van der Waals surface area contributed by atoms with Crippen LogP contribution in [-0.4, -0.2) is 33.6 Å². The minimum absolute atomic E-state index is 0.0677. The number of rotatable bonds is 5. The number of nitrogen functional groups attached to an aromatic ring is 1. The minimum atomic E-state index is -0.0677. The lowest BCUT2D eigenvalue weighted by molar-refractivity contribution is -0.119. The van der Waals surface area contributed by atoms with Gasteiger partial charge in [0, 0.05) is 24.3 Å². The molecular weight excluding hydrogens is 414 g/mol. The van der Waals surface area contributed by atoms with Crippen molar-refractivity contribution in [2.75, 3.05) is 12.8 Å². The molecule has 2 saturated carbocycles. The van der Waals surface area contributed by atoms with Crippen molar-refractivity contribution in [2.24, 2.45) is 12.5 Å². The quantitative estimate of drug-likeness (QED) is 0.570. The minimum Gasteiger partial charge on any atom is -0.497 e. The van der Waals surface area contributed by atoms with Crippen molar-refractivity contribution in [1.29, 1.82) is 0 Å². The third-order valence-corrected chi connectivity index (χ3v) is 7.74. The summed E-state index contributed by atoms with van der Waals surface area (Å²) in [7, 11) is 3.77. The van der Waals surface area contributed by atoms with Crippen molar-refractivity contribution in [3.05, 3.63) is 48.9 Å². The average Bonchev–Trinajstić information content (AvgIpc) is 3.12. The molecule has 0 aliphatic heterocycles. The van der Waals surface area contributed by atoms with Crippen molar-refractivity contribution in [3.63, 3.8) is 0 Å². The van der Waals surface area contributed by atoms with Crippen molar-refractivity contribution in [3.8, 4) is 16.9 Å². The van der Waals surface area contributed by atoms with E-state index >= 15 is 0 Å². The lowest BCUT2D eigenvalue weighted by Gasteiger charge is -2.51. The molecule has 2 aliphatic rings. The first-order chi connectivity index (χ1) is 15.9. The number of anilines is 1. The summed E-state index contributed by atoms with van der Waals surface area (Å²) < 4.78 is 7.58. The number of carbonyl (C=O) groups is 1. The highest BCUT2D eigenvalue weighted by Crippen LogP contribution is 2.56. The van der Waals surface area contributed by atoms with Gasteiger partial charge < -0.3 is 20.4 Å². The SMILES string of the molecule is C=CC(=O)NC1CC2(CCC(c3c(-c4ccc(OC)cc4)c4c(N)ncnc4n3C)CC2)C1. The van der Waals surface area contributed by atoms with E-state index in [1.165, 1.54) is 24.6 Å². The van der Waals surface area contributed by atoms with Gasteiger partial charge in [-0.25, -0.2) is 9.97 Å². The van der Waals surface area contributed by atoms with Crippen molar-refractivity contribution < 1.29 is 9.53 Å². The molecule has 3 N–H and O–H groups in total. The Kier molecular flexibility index (Phi) is 5.35. The number of hydrogen-bond acceptors (Lipinski definition) is 5. The zero-order chi connectivity index (χ0) is 23.2. The van der Waals surface area contributed by atoms with Gasteiger partial charge in [0.15, 0.2) is 0 Å². The molecule has 3 aromatic rings. The Balaban J connectivity index is 1.45. The Morgan fingerprint density at radius 3 is 2.58 bits per heavy atom. The second kappa shape index (κ2) is 8.21. The Hall–Kier alpha value is -3.35. The second-order valence-corrected chi connectivity index (χ2v) is 9.60. The first-order valence-electron chi connectivity index (χ1n) is 11.6. The second-order valence-electron chi connectivity index (χ2n) is 9.60. The Labute approximate surface area is 194 Å². The molecule has 2 aromatic heterocycles. The Bertz CT molecular complexity index is 1200. The number of carbonyl (C=O) groups excluding carboxylic acids is 1. The van der Waals surface area contributed by atoms with Gasteiger partial charge >= 0.3 is 0 Å². The molecule has 0 unspecified atom stereocenters. The van der Waals surface area contributed by atoms with E-state index in [4.69, 9.17) is 10.5 Å². The molecule has 0 bridgehead atoms. The van der Waals surface area contributed by atoms with Crippen molar-refractivity contribution in [2.45, 2.75) is 50.5 Å². The zero-order valence-corrected chi connectivity index (χ0v) is 19.3.